The number of hydrogen-bond donors (Lipinski definition) is 10. The van der Waals surface area contributed by atoms with Crippen LogP contribution in [0.1, 0.15) is 38.5 Å². The summed E-state index contributed by atoms with van der Waals surface area (Å²) in [5.41, 5.74) is 15.8. The van der Waals surface area contributed by atoms with Crippen LogP contribution >= 0.6 is 0 Å². The molecule has 5 atom stereocenters. The third-order valence-electron chi connectivity index (χ3n) is 5.94. The third-order valence-corrected chi connectivity index (χ3v) is 5.94. The zero-order valence-electron chi connectivity index (χ0n) is 22.0. The molecule has 1 heterocycles. The number of nitrogens with zero attached hydrogens (tertiary/aromatic N) is 2. The van der Waals surface area contributed by atoms with Gasteiger partial charge >= 0.3 is 17.9 Å². The number of likely N-dealkylation sites (tertiary alicyclic amines) is 1. The molecule has 41 heavy (non-hydrogen) atoms. The Balaban J connectivity index is 3.03. The van der Waals surface area contributed by atoms with Gasteiger partial charge in [-0.2, -0.15) is 0 Å². The van der Waals surface area contributed by atoms with Crippen molar-refractivity contribution in [1.82, 2.24) is 20.9 Å². The summed E-state index contributed by atoms with van der Waals surface area (Å²) >= 11 is 0. The van der Waals surface area contributed by atoms with Gasteiger partial charge in [0, 0.05) is 13.1 Å². The molecule has 0 saturated carbocycles. The number of nitrogens with one attached hydrogen (secondary N) is 3. The number of rotatable bonds is 17. The molecule has 1 rings (SSSR count). The highest BCUT2D eigenvalue weighted by Crippen LogP contribution is 2.20. The van der Waals surface area contributed by atoms with Gasteiger partial charge < -0.3 is 58.5 Å². The van der Waals surface area contributed by atoms with E-state index >= 15 is 0 Å². The lowest BCUT2D eigenvalue weighted by Gasteiger charge is -2.29. The molecule has 0 aromatic carbocycles. The summed E-state index contributed by atoms with van der Waals surface area (Å²) in [6.45, 7) is -0.736. The summed E-state index contributed by atoms with van der Waals surface area (Å²) in [4.78, 5) is 90.0. The summed E-state index contributed by atoms with van der Waals surface area (Å²) in [5, 5.41) is 43.4. The van der Waals surface area contributed by atoms with Crippen LogP contribution < -0.4 is 33.2 Å². The SMILES string of the molecule is NC(N)=NCCC[C@H](NC(=O)[C@H](CC(=O)O)NC(=O)[C@@H]1CCCN1C(=O)[C@H](CC(=O)O)NC(=O)[C@@H](N)CO)C(=O)O. The van der Waals surface area contributed by atoms with Gasteiger partial charge in [0.2, 0.25) is 23.6 Å². The molecule has 0 bridgehead atoms. The molecule has 13 N–H and O–H groups in total. The van der Waals surface area contributed by atoms with E-state index in [1.165, 1.54) is 0 Å². The summed E-state index contributed by atoms with van der Waals surface area (Å²) in [5.74, 6) is -8.60. The van der Waals surface area contributed by atoms with Crippen LogP contribution in [0.2, 0.25) is 0 Å². The van der Waals surface area contributed by atoms with Crippen LogP contribution in [0.15, 0.2) is 4.99 Å². The van der Waals surface area contributed by atoms with Gasteiger partial charge in [-0.05, 0) is 25.7 Å². The van der Waals surface area contributed by atoms with Crippen LogP contribution in [0.25, 0.3) is 0 Å². The second kappa shape index (κ2) is 16.6. The number of carbonyl (C=O) groups excluding carboxylic acids is 4. The summed E-state index contributed by atoms with van der Waals surface area (Å²) in [6, 6.07) is -7.52. The van der Waals surface area contributed by atoms with Crippen molar-refractivity contribution in [2.75, 3.05) is 19.7 Å². The van der Waals surface area contributed by atoms with Gasteiger partial charge in [0.25, 0.3) is 0 Å². The maximum absolute atomic E-state index is 13.1. The summed E-state index contributed by atoms with van der Waals surface area (Å²) in [6.07, 6.45) is -1.41. The molecule has 1 saturated heterocycles. The first-order valence-corrected chi connectivity index (χ1v) is 12.5. The topological polar surface area (TPSA) is 330 Å². The molecule has 19 heteroatoms. The van der Waals surface area contributed by atoms with Crippen molar-refractivity contribution in [2.45, 2.75) is 68.7 Å². The van der Waals surface area contributed by atoms with Crippen molar-refractivity contribution in [1.29, 1.82) is 0 Å². The second-order valence-electron chi connectivity index (χ2n) is 9.15. The van der Waals surface area contributed by atoms with E-state index in [1.807, 2.05) is 0 Å². The minimum atomic E-state index is -1.73. The average Bonchev–Trinajstić information content (AvgIpc) is 3.37. The van der Waals surface area contributed by atoms with Crippen molar-refractivity contribution in [3.8, 4) is 0 Å². The van der Waals surface area contributed by atoms with Gasteiger partial charge in [-0.15, -0.1) is 0 Å². The molecule has 0 aliphatic carbocycles. The highest BCUT2D eigenvalue weighted by atomic mass is 16.4. The van der Waals surface area contributed by atoms with Crippen LogP contribution in [-0.2, 0) is 33.6 Å². The van der Waals surface area contributed by atoms with Crippen LogP contribution in [0, 0.1) is 0 Å². The van der Waals surface area contributed by atoms with Crippen LogP contribution in [0.5, 0.6) is 0 Å². The second-order valence-corrected chi connectivity index (χ2v) is 9.15. The zero-order chi connectivity index (χ0) is 31.3. The number of aliphatic carboxylic acids is 3. The number of aliphatic imine (C=N–C) groups is 1. The number of hydrogen-bond acceptors (Lipinski definition) is 10. The molecular weight excluding hydrogens is 552 g/mol. The van der Waals surface area contributed by atoms with Crippen molar-refractivity contribution in [3.63, 3.8) is 0 Å². The van der Waals surface area contributed by atoms with Crippen LogP contribution in [0.3, 0.4) is 0 Å². The highest BCUT2D eigenvalue weighted by molar-refractivity contribution is 5.97. The van der Waals surface area contributed by atoms with Gasteiger partial charge in [-0.25, -0.2) is 4.79 Å². The number of nitrogens with two attached hydrogens (primary N) is 3. The average molecular weight is 589 g/mol. The number of carbonyl (C=O) groups is 7. The maximum Gasteiger partial charge on any atom is 0.326 e. The smallest absolute Gasteiger partial charge is 0.326 e. The molecule has 4 amide bonds. The Hall–Kier alpha value is -4.52. The Morgan fingerprint density at radius 3 is 2.00 bits per heavy atom. The van der Waals surface area contributed by atoms with E-state index in [0.717, 1.165) is 4.90 Å². The van der Waals surface area contributed by atoms with E-state index < -0.39 is 91.2 Å². The minimum Gasteiger partial charge on any atom is -0.481 e. The molecular formula is C22H36N8O11. The van der Waals surface area contributed by atoms with Gasteiger partial charge in [0.05, 0.1) is 19.4 Å². The standard InChI is InChI=1S/C22H36N8O11/c23-10(9-31)17(36)29-13(8-16(34)35)20(39)30-6-2-4-14(30)19(38)28-12(7-15(32)33)18(37)27-11(21(40)41)3-1-5-26-22(24)25/h10-14,31H,1-9,23H2,(H,27,37)(H,28,38)(H,29,36)(H,32,33)(H,34,35)(H,40,41)(H4,24,25,26)/t10-,11-,12-,13-,14-/m0/s1. The lowest BCUT2D eigenvalue weighted by atomic mass is 10.1. The quantitative estimate of drug-likeness (QED) is 0.0431. The Labute approximate surface area is 233 Å². The zero-order valence-corrected chi connectivity index (χ0v) is 22.0. The van der Waals surface area contributed by atoms with E-state index in [9.17, 15) is 48.9 Å². The van der Waals surface area contributed by atoms with E-state index in [2.05, 4.69) is 20.9 Å². The van der Waals surface area contributed by atoms with Crippen LogP contribution in [0.4, 0.5) is 0 Å². The predicted molar refractivity (Wildman–Crippen MR) is 138 cm³/mol. The lowest BCUT2D eigenvalue weighted by molar-refractivity contribution is -0.146. The van der Waals surface area contributed by atoms with Crippen molar-refractivity contribution < 1.29 is 54.0 Å². The first-order valence-electron chi connectivity index (χ1n) is 12.5. The summed E-state index contributed by atoms with van der Waals surface area (Å²) in [7, 11) is 0. The van der Waals surface area contributed by atoms with E-state index in [0.29, 0.717) is 0 Å². The third kappa shape index (κ3) is 11.6. The molecule has 1 fully saturated rings. The van der Waals surface area contributed by atoms with E-state index in [4.69, 9.17) is 22.3 Å². The lowest BCUT2D eigenvalue weighted by Crippen LogP contribution is -2.58. The first-order chi connectivity index (χ1) is 19.2. The van der Waals surface area contributed by atoms with E-state index in [1.54, 1.807) is 0 Å². The number of aliphatic hydroxyl groups excluding tert-OH is 1. The Bertz CT molecular complexity index is 1030. The first kappa shape index (κ1) is 34.5. The van der Waals surface area contributed by atoms with Gasteiger partial charge in [0.15, 0.2) is 5.96 Å². The molecule has 0 aromatic rings. The number of guanidine groups is 1. The molecule has 0 unspecified atom stereocenters. The van der Waals surface area contributed by atoms with Gasteiger partial charge in [-0.3, -0.25) is 33.8 Å². The largest absolute Gasteiger partial charge is 0.481 e. The molecule has 0 radical (unpaired) electrons. The number of aliphatic hydroxyl groups is 1. The fourth-order valence-corrected chi connectivity index (χ4v) is 3.92. The molecule has 1 aliphatic rings. The highest BCUT2D eigenvalue weighted by Gasteiger charge is 2.40. The number of amides is 4. The number of carboxylic acid groups (broad SMARTS) is 3. The Morgan fingerprint density at radius 1 is 0.878 bits per heavy atom. The van der Waals surface area contributed by atoms with Crippen molar-refractivity contribution >= 4 is 47.5 Å². The van der Waals surface area contributed by atoms with Gasteiger partial charge in [0.1, 0.15) is 30.2 Å². The maximum atomic E-state index is 13.1. The normalized spacial score (nSPS) is 17.3. The Kier molecular flexibility index (Phi) is 13.9. The van der Waals surface area contributed by atoms with Crippen LogP contribution in [-0.4, -0.2) is 123 Å². The minimum absolute atomic E-state index is 0.0261. The molecule has 230 valence electrons. The fraction of sp³-hybridized carbons (Fsp3) is 0.636. The summed E-state index contributed by atoms with van der Waals surface area (Å²) < 4.78 is 0. The molecule has 1 aliphatic heterocycles. The molecule has 0 aromatic heterocycles. The molecule has 19 nitrogen and oxygen atoms in total. The van der Waals surface area contributed by atoms with Crippen molar-refractivity contribution in [2.24, 2.45) is 22.2 Å². The predicted octanol–water partition coefficient (Wildman–Crippen LogP) is -5.16. The van der Waals surface area contributed by atoms with Gasteiger partial charge in [-0.1, -0.05) is 0 Å². The monoisotopic (exact) mass is 588 g/mol. The Morgan fingerprint density at radius 2 is 1.46 bits per heavy atom. The van der Waals surface area contributed by atoms with Crippen molar-refractivity contribution in [3.05, 3.63) is 0 Å². The fourth-order valence-electron chi connectivity index (χ4n) is 3.92. The molecule has 0 spiro atoms. The number of carboxylic acids is 3. The van der Waals surface area contributed by atoms with E-state index in [-0.39, 0.29) is 44.7 Å².